The number of imidazole rings is 1. The molecule has 0 unspecified atom stereocenters. The number of fused-ring (bicyclic) bond motifs is 1. The van der Waals surface area contributed by atoms with Crippen molar-refractivity contribution in [1.29, 1.82) is 0 Å². The van der Waals surface area contributed by atoms with Crippen molar-refractivity contribution in [2.24, 2.45) is 14.1 Å². The van der Waals surface area contributed by atoms with Crippen molar-refractivity contribution in [3.05, 3.63) is 57.0 Å². The predicted octanol–water partition coefficient (Wildman–Crippen LogP) is 0.188. The van der Waals surface area contributed by atoms with Gasteiger partial charge < -0.3 is 9.67 Å². The van der Waals surface area contributed by atoms with Gasteiger partial charge in [-0.2, -0.15) is 0 Å². The third kappa shape index (κ3) is 1.94. The van der Waals surface area contributed by atoms with E-state index >= 15 is 0 Å². The van der Waals surface area contributed by atoms with E-state index < -0.39 is 11.2 Å². The first-order chi connectivity index (χ1) is 10.0. The maximum absolute atomic E-state index is 12.3. The van der Waals surface area contributed by atoms with Crippen LogP contribution in [-0.4, -0.2) is 23.8 Å². The Bertz CT molecular complexity index is 949. The fourth-order valence-corrected chi connectivity index (χ4v) is 2.34. The number of aryl methyl sites for hydroxylation is 1. The standard InChI is InChI=1S/C14H14N4O3/c1-16-12-11(13(20)17(2)14(16)21)18(8-15-12)7-9-5-3-4-6-10(9)19/h3-6,8,19H,7H2,1-2H3. The van der Waals surface area contributed by atoms with Crippen LogP contribution < -0.4 is 11.2 Å². The van der Waals surface area contributed by atoms with E-state index in [1.54, 1.807) is 29.8 Å². The molecule has 2 aromatic heterocycles. The second kappa shape index (κ2) is 4.62. The first-order valence-electron chi connectivity index (χ1n) is 6.38. The lowest BCUT2D eigenvalue weighted by Gasteiger charge is -2.08. The number of para-hydroxylation sites is 1. The van der Waals surface area contributed by atoms with Gasteiger partial charge in [-0.1, -0.05) is 18.2 Å². The van der Waals surface area contributed by atoms with Crippen LogP contribution in [0.15, 0.2) is 40.2 Å². The number of hydrogen-bond donors (Lipinski definition) is 1. The van der Waals surface area contributed by atoms with E-state index in [-0.39, 0.29) is 5.75 Å². The second-order valence-electron chi connectivity index (χ2n) is 4.88. The van der Waals surface area contributed by atoms with E-state index in [0.29, 0.717) is 23.3 Å². The van der Waals surface area contributed by atoms with Crippen molar-refractivity contribution in [2.75, 3.05) is 0 Å². The molecule has 0 aliphatic heterocycles. The van der Waals surface area contributed by atoms with Crippen LogP contribution in [-0.2, 0) is 20.6 Å². The lowest BCUT2D eigenvalue weighted by atomic mass is 10.2. The Kier molecular flexibility index (Phi) is 2.90. The van der Waals surface area contributed by atoms with E-state index in [2.05, 4.69) is 4.98 Å². The van der Waals surface area contributed by atoms with Gasteiger partial charge in [0, 0.05) is 19.7 Å². The lowest BCUT2D eigenvalue weighted by Crippen LogP contribution is -2.37. The molecule has 7 heteroatoms. The van der Waals surface area contributed by atoms with E-state index in [1.807, 2.05) is 6.07 Å². The molecule has 3 aromatic rings. The zero-order chi connectivity index (χ0) is 15.1. The molecule has 1 N–H and O–H groups in total. The number of phenols is 1. The maximum Gasteiger partial charge on any atom is 0.332 e. The number of phenolic OH excluding ortho intramolecular Hbond substituents is 1. The molecular weight excluding hydrogens is 272 g/mol. The highest BCUT2D eigenvalue weighted by atomic mass is 16.3. The summed E-state index contributed by atoms with van der Waals surface area (Å²) in [5.41, 5.74) is 0.524. The summed E-state index contributed by atoms with van der Waals surface area (Å²) in [5, 5.41) is 9.83. The van der Waals surface area contributed by atoms with Gasteiger partial charge in [0.1, 0.15) is 5.75 Å². The average molecular weight is 286 g/mol. The molecule has 108 valence electrons. The zero-order valence-electron chi connectivity index (χ0n) is 11.6. The van der Waals surface area contributed by atoms with Crippen LogP contribution in [0.4, 0.5) is 0 Å². The van der Waals surface area contributed by atoms with Crippen molar-refractivity contribution >= 4 is 11.2 Å². The van der Waals surface area contributed by atoms with Crippen molar-refractivity contribution in [3.8, 4) is 5.75 Å². The molecule has 0 atom stereocenters. The molecule has 0 aliphatic carbocycles. The first-order valence-corrected chi connectivity index (χ1v) is 6.38. The van der Waals surface area contributed by atoms with Crippen LogP contribution >= 0.6 is 0 Å². The van der Waals surface area contributed by atoms with E-state index in [9.17, 15) is 14.7 Å². The maximum atomic E-state index is 12.3. The number of benzene rings is 1. The third-order valence-corrected chi connectivity index (χ3v) is 3.55. The van der Waals surface area contributed by atoms with Gasteiger partial charge in [0.15, 0.2) is 11.2 Å². The van der Waals surface area contributed by atoms with Crippen molar-refractivity contribution in [3.63, 3.8) is 0 Å². The minimum Gasteiger partial charge on any atom is -0.508 e. The summed E-state index contributed by atoms with van der Waals surface area (Å²) in [7, 11) is 3.00. The minimum atomic E-state index is -0.416. The van der Waals surface area contributed by atoms with E-state index in [0.717, 1.165) is 4.57 Å². The summed E-state index contributed by atoms with van der Waals surface area (Å²) in [6.07, 6.45) is 1.50. The summed E-state index contributed by atoms with van der Waals surface area (Å²) in [6.45, 7) is 0.302. The largest absolute Gasteiger partial charge is 0.508 e. The number of hydrogen-bond acceptors (Lipinski definition) is 4. The number of rotatable bonds is 2. The third-order valence-electron chi connectivity index (χ3n) is 3.55. The van der Waals surface area contributed by atoms with Crippen molar-refractivity contribution < 1.29 is 5.11 Å². The van der Waals surface area contributed by atoms with Crippen molar-refractivity contribution in [2.45, 2.75) is 6.54 Å². The van der Waals surface area contributed by atoms with Crippen LogP contribution in [0.3, 0.4) is 0 Å². The second-order valence-corrected chi connectivity index (χ2v) is 4.88. The highest BCUT2D eigenvalue weighted by Gasteiger charge is 2.14. The zero-order valence-corrected chi connectivity index (χ0v) is 11.6. The predicted molar refractivity (Wildman–Crippen MR) is 77.4 cm³/mol. The highest BCUT2D eigenvalue weighted by Crippen LogP contribution is 2.18. The molecule has 0 amide bonds. The molecule has 21 heavy (non-hydrogen) atoms. The summed E-state index contributed by atoms with van der Waals surface area (Å²) in [6, 6.07) is 6.89. The molecule has 0 bridgehead atoms. The molecule has 3 rings (SSSR count). The molecule has 1 aromatic carbocycles. The van der Waals surface area contributed by atoms with Gasteiger partial charge in [-0.3, -0.25) is 13.9 Å². The molecular formula is C14H14N4O3. The van der Waals surface area contributed by atoms with Crippen LogP contribution in [0.1, 0.15) is 5.56 Å². The first kappa shape index (κ1) is 13.2. The molecule has 0 aliphatic rings. The number of aromatic nitrogens is 4. The number of nitrogens with zero attached hydrogens (tertiary/aromatic N) is 4. The molecule has 0 fully saturated rings. The normalized spacial score (nSPS) is 11.1. The fraction of sp³-hybridized carbons (Fsp3) is 0.214. The van der Waals surface area contributed by atoms with Gasteiger partial charge in [-0.05, 0) is 6.07 Å². The monoisotopic (exact) mass is 286 g/mol. The molecule has 0 radical (unpaired) electrons. The minimum absolute atomic E-state index is 0.154. The topological polar surface area (TPSA) is 82.0 Å². The SMILES string of the molecule is Cn1c(=O)c2c(ncn2Cc2ccccc2O)n(C)c1=O. The van der Waals surface area contributed by atoms with Gasteiger partial charge in [0.05, 0.1) is 12.9 Å². The van der Waals surface area contributed by atoms with E-state index in [4.69, 9.17) is 0 Å². The van der Waals surface area contributed by atoms with Crippen molar-refractivity contribution in [1.82, 2.24) is 18.7 Å². The van der Waals surface area contributed by atoms with Gasteiger partial charge in [0.2, 0.25) is 0 Å². The van der Waals surface area contributed by atoms with Crippen LogP contribution in [0, 0.1) is 0 Å². The Morgan fingerprint density at radius 2 is 1.86 bits per heavy atom. The number of aromatic hydroxyl groups is 1. The Hall–Kier alpha value is -2.83. The molecule has 7 nitrogen and oxygen atoms in total. The van der Waals surface area contributed by atoms with Gasteiger partial charge in [-0.15, -0.1) is 0 Å². The Balaban J connectivity index is 2.24. The van der Waals surface area contributed by atoms with Gasteiger partial charge >= 0.3 is 5.69 Å². The Morgan fingerprint density at radius 3 is 2.57 bits per heavy atom. The highest BCUT2D eigenvalue weighted by molar-refractivity contribution is 5.70. The van der Waals surface area contributed by atoms with E-state index in [1.165, 1.54) is 17.9 Å². The Morgan fingerprint density at radius 1 is 1.14 bits per heavy atom. The summed E-state index contributed by atoms with van der Waals surface area (Å²) >= 11 is 0. The Labute approximate surface area is 119 Å². The fourth-order valence-electron chi connectivity index (χ4n) is 2.34. The average Bonchev–Trinajstić information content (AvgIpc) is 2.89. The molecule has 2 heterocycles. The van der Waals surface area contributed by atoms with Crippen LogP contribution in [0.5, 0.6) is 5.75 Å². The van der Waals surface area contributed by atoms with Gasteiger partial charge in [-0.25, -0.2) is 9.78 Å². The summed E-state index contributed by atoms with van der Waals surface area (Å²) in [4.78, 5) is 28.3. The van der Waals surface area contributed by atoms with Crippen LogP contribution in [0.25, 0.3) is 11.2 Å². The summed E-state index contributed by atoms with van der Waals surface area (Å²) in [5.74, 6) is 0.154. The summed E-state index contributed by atoms with van der Waals surface area (Å²) < 4.78 is 4.01. The van der Waals surface area contributed by atoms with Crippen LogP contribution in [0.2, 0.25) is 0 Å². The smallest absolute Gasteiger partial charge is 0.332 e. The molecule has 0 saturated carbocycles. The van der Waals surface area contributed by atoms with Gasteiger partial charge in [0.25, 0.3) is 5.56 Å². The lowest BCUT2D eigenvalue weighted by molar-refractivity contribution is 0.466. The molecule has 0 saturated heterocycles. The quantitative estimate of drug-likeness (QED) is 0.729. The molecule has 0 spiro atoms.